The second kappa shape index (κ2) is 8.35. The average molecular weight is 366 g/mol. The van der Waals surface area contributed by atoms with E-state index in [1.54, 1.807) is 0 Å². The Labute approximate surface area is 156 Å². The van der Waals surface area contributed by atoms with Crippen LogP contribution in [0.1, 0.15) is 31.7 Å². The van der Waals surface area contributed by atoms with Gasteiger partial charge in [0.15, 0.2) is 5.60 Å². The lowest BCUT2D eigenvalue weighted by Gasteiger charge is -2.40. The van der Waals surface area contributed by atoms with E-state index in [1.165, 1.54) is 5.57 Å². The highest BCUT2D eigenvalue weighted by Gasteiger charge is 2.49. The van der Waals surface area contributed by atoms with Crippen LogP contribution in [0.15, 0.2) is 42.0 Å². The molecule has 1 aromatic rings. The van der Waals surface area contributed by atoms with Crippen LogP contribution in [0.25, 0.3) is 0 Å². The second-order valence-electron chi connectivity index (χ2n) is 7.22. The fraction of sp³-hybridized carbons (Fsp3) is 0.550. The van der Waals surface area contributed by atoms with Gasteiger partial charge in [-0.25, -0.2) is 4.79 Å². The van der Waals surface area contributed by atoms with Gasteiger partial charge in [0.25, 0.3) is 0 Å². The van der Waals surface area contributed by atoms with Crippen molar-refractivity contribution in [1.29, 1.82) is 0 Å². The van der Waals surface area contributed by atoms with Gasteiger partial charge < -0.3 is 14.7 Å². The van der Waals surface area contributed by atoms with E-state index >= 15 is 0 Å². The molecule has 1 fully saturated rings. The number of ether oxygens (including phenoxy) is 1. The van der Waals surface area contributed by atoms with Gasteiger partial charge in [-0.2, -0.15) is 0 Å². The molecule has 138 valence electrons. The highest BCUT2D eigenvalue weighted by atomic mass is 35.5. The minimum absolute atomic E-state index is 0. The molecule has 0 saturated heterocycles. The van der Waals surface area contributed by atoms with Crippen LogP contribution in [0, 0.1) is 11.8 Å². The van der Waals surface area contributed by atoms with E-state index in [4.69, 9.17) is 4.74 Å². The van der Waals surface area contributed by atoms with Crippen molar-refractivity contribution in [2.75, 3.05) is 26.7 Å². The third kappa shape index (κ3) is 4.08. The van der Waals surface area contributed by atoms with E-state index < -0.39 is 11.6 Å². The van der Waals surface area contributed by atoms with Crippen molar-refractivity contribution in [2.45, 2.75) is 31.8 Å². The van der Waals surface area contributed by atoms with Crippen molar-refractivity contribution >= 4 is 18.4 Å². The number of carbonyl (C=O) groups is 1. The molecule has 0 aromatic heterocycles. The molecule has 0 bridgehead atoms. The number of aliphatic hydroxyl groups is 1. The maximum Gasteiger partial charge on any atom is 0.343 e. The number of nitrogens with zero attached hydrogens (tertiary/aromatic N) is 1. The quantitative estimate of drug-likeness (QED) is 0.643. The van der Waals surface area contributed by atoms with Gasteiger partial charge in [-0.15, -0.1) is 12.4 Å². The number of benzene rings is 1. The SMILES string of the molecule is CC1=CCN(C)CC1COC(=O)C(O)(c1ccccc1)C1CCC1.Cl. The lowest BCUT2D eigenvalue weighted by Crippen LogP contribution is -2.47. The minimum atomic E-state index is -1.52. The molecule has 5 heteroatoms. The number of likely N-dealkylation sites (N-methyl/N-ethyl adjacent to an activating group) is 1. The summed E-state index contributed by atoms with van der Waals surface area (Å²) in [5.41, 5.74) is 0.387. The van der Waals surface area contributed by atoms with Crippen LogP contribution < -0.4 is 0 Å². The monoisotopic (exact) mass is 365 g/mol. The minimum Gasteiger partial charge on any atom is -0.463 e. The van der Waals surface area contributed by atoms with E-state index in [9.17, 15) is 9.90 Å². The van der Waals surface area contributed by atoms with E-state index in [0.717, 1.165) is 32.4 Å². The van der Waals surface area contributed by atoms with Crippen LogP contribution in [0.4, 0.5) is 0 Å². The maximum absolute atomic E-state index is 12.8. The molecule has 0 amide bonds. The predicted molar refractivity (Wildman–Crippen MR) is 101 cm³/mol. The topological polar surface area (TPSA) is 49.8 Å². The number of halogens is 1. The molecule has 1 aromatic carbocycles. The first-order valence-corrected chi connectivity index (χ1v) is 8.82. The third-order valence-electron chi connectivity index (χ3n) is 5.54. The lowest BCUT2D eigenvalue weighted by molar-refractivity contribution is -0.179. The molecule has 0 spiro atoms. The molecule has 1 aliphatic carbocycles. The molecule has 1 aliphatic heterocycles. The van der Waals surface area contributed by atoms with Crippen molar-refractivity contribution < 1.29 is 14.6 Å². The highest BCUT2D eigenvalue weighted by Crippen LogP contribution is 2.43. The Morgan fingerprint density at radius 1 is 1.32 bits per heavy atom. The molecular weight excluding hydrogens is 338 g/mol. The van der Waals surface area contributed by atoms with Gasteiger partial charge in [0.2, 0.25) is 0 Å². The van der Waals surface area contributed by atoms with E-state index in [0.29, 0.717) is 12.2 Å². The van der Waals surface area contributed by atoms with Crippen LogP contribution in [-0.4, -0.2) is 42.7 Å². The van der Waals surface area contributed by atoms with Gasteiger partial charge in [-0.1, -0.05) is 48.4 Å². The Morgan fingerprint density at radius 3 is 2.60 bits per heavy atom. The first kappa shape index (κ1) is 20.0. The average Bonchev–Trinajstić information content (AvgIpc) is 2.54. The largest absolute Gasteiger partial charge is 0.463 e. The van der Waals surface area contributed by atoms with Crippen molar-refractivity contribution in [3.8, 4) is 0 Å². The molecule has 1 heterocycles. The standard InChI is InChI=1S/C20H27NO3.ClH/c1-15-11-12-21(2)13-16(15)14-24-19(22)20(23,18-9-6-10-18)17-7-4-3-5-8-17;/h3-5,7-8,11,16,18,23H,6,9-10,12-14H2,1-2H3;1H. The fourth-order valence-corrected chi connectivity index (χ4v) is 3.57. The van der Waals surface area contributed by atoms with E-state index in [2.05, 4.69) is 24.9 Å². The summed E-state index contributed by atoms with van der Waals surface area (Å²) in [4.78, 5) is 15.0. The van der Waals surface area contributed by atoms with Gasteiger partial charge in [-0.3, -0.25) is 0 Å². The summed E-state index contributed by atoms with van der Waals surface area (Å²) in [6, 6.07) is 9.24. The molecule has 1 N–H and O–H groups in total. The number of carbonyl (C=O) groups excluding carboxylic acids is 1. The van der Waals surface area contributed by atoms with Gasteiger partial charge in [0.05, 0.1) is 6.61 Å². The van der Waals surface area contributed by atoms with Crippen molar-refractivity contribution in [3.05, 3.63) is 47.5 Å². The van der Waals surface area contributed by atoms with Crippen molar-refractivity contribution in [2.24, 2.45) is 11.8 Å². The Hall–Kier alpha value is -1.36. The molecule has 2 atom stereocenters. The summed E-state index contributed by atoms with van der Waals surface area (Å²) < 4.78 is 5.62. The van der Waals surface area contributed by atoms with Crippen LogP contribution >= 0.6 is 12.4 Å². The van der Waals surface area contributed by atoms with Gasteiger partial charge in [-0.05, 0) is 32.4 Å². The molecule has 2 unspecified atom stereocenters. The summed E-state index contributed by atoms with van der Waals surface area (Å²) in [6.45, 7) is 4.23. The summed E-state index contributed by atoms with van der Waals surface area (Å²) >= 11 is 0. The normalized spacial score (nSPS) is 23.6. The lowest BCUT2D eigenvalue weighted by atomic mass is 9.69. The van der Waals surface area contributed by atoms with Crippen molar-refractivity contribution in [3.63, 3.8) is 0 Å². The summed E-state index contributed by atoms with van der Waals surface area (Å²) in [7, 11) is 2.06. The molecule has 25 heavy (non-hydrogen) atoms. The first-order chi connectivity index (χ1) is 11.5. The molecule has 4 nitrogen and oxygen atoms in total. The third-order valence-corrected chi connectivity index (χ3v) is 5.54. The predicted octanol–water partition coefficient (Wildman–Crippen LogP) is 3.15. The van der Waals surface area contributed by atoms with Crippen LogP contribution in [0.2, 0.25) is 0 Å². The second-order valence-corrected chi connectivity index (χ2v) is 7.22. The number of hydrogen-bond acceptors (Lipinski definition) is 4. The Kier molecular flexibility index (Phi) is 6.66. The van der Waals surface area contributed by atoms with E-state index in [-0.39, 0.29) is 24.2 Å². The Balaban J connectivity index is 0.00000225. The molecular formula is C20H28ClNO3. The van der Waals surface area contributed by atoms with Gasteiger partial charge >= 0.3 is 5.97 Å². The van der Waals surface area contributed by atoms with Crippen LogP contribution in [0.5, 0.6) is 0 Å². The zero-order chi connectivity index (χ0) is 17.2. The maximum atomic E-state index is 12.8. The summed E-state index contributed by atoms with van der Waals surface area (Å²) in [6.07, 6.45) is 4.97. The summed E-state index contributed by atoms with van der Waals surface area (Å²) in [5.74, 6) is -0.341. The molecule has 3 rings (SSSR count). The zero-order valence-electron chi connectivity index (χ0n) is 15.0. The fourth-order valence-electron chi connectivity index (χ4n) is 3.57. The highest BCUT2D eigenvalue weighted by molar-refractivity contribution is 5.85. The van der Waals surface area contributed by atoms with Crippen LogP contribution in [-0.2, 0) is 15.1 Å². The Bertz CT molecular complexity index is 615. The molecule has 2 aliphatic rings. The summed E-state index contributed by atoms with van der Waals surface area (Å²) in [5, 5.41) is 11.2. The number of esters is 1. The first-order valence-electron chi connectivity index (χ1n) is 8.82. The zero-order valence-corrected chi connectivity index (χ0v) is 15.8. The van der Waals surface area contributed by atoms with Crippen LogP contribution in [0.3, 0.4) is 0 Å². The van der Waals surface area contributed by atoms with Crippen molar-refractivity contribution in [1.82, 2.24) is 4.90 Å². The molecule has 0 radical (unpaired) electrons. The smallest absolute Gasteiger partial charge is 0.343 e. The Morgan fingerprint density at radius 2 is 2.00 bits per heavy atom. The number of hydrogen-bond donors (Lipinski definition) is 1. The molecule has 1 saturated carbocycles. The van der Waals surface area contributed by atoms with E-state index in [1.807, 2.05) is 30.3 Å². The number of rotatable bonds is 5. The van der Waals surface area contributed by atoms with Gasteiger partial charge in [0.1, 0.15) is 0 Å². The van der Waals surface area contributed by atoms with Gasteiger partial charge in [0, 0.05) is 24.9 Å².